The molecule has 1 aliphatic rings. The molecule has 140 valence electrons. The molecule has 0 aliphatic carbocycles. The Morgan fingerprint density at radius 2 is 1.85 bits per heavy atom. The highest BCUT2D eigenvalue weighted by Gasteiger charge is 2.27. The average molecular weight is 377 g/mol. The van der Waals surface area contributed by atoms with Gasteiger partial charge in [-0.1, -0.05) is 42.5 Å². The van der Waals surface area contributed by atoms with Crippen LogP contribution in [0.2, 0.25) is 0 Å². The molecule has 0 spiro atoms. The first-order valence-electron chi connectivity index (χ1n) is 8.61. The molecule has 0 bridgehead atoms. The van der Waals surface area contributed by atoms with E-state index in [-0.39, 0.29) is 30.5 Å². The highest BCUT2D eigenvalue weighted by Crippen LogP contribution is 2.12. The van der Waals surface area contributed by atoms with E-state index in [0.29, 0.717) is 26.3 Å². The molecule has 1 heterocycles. The van der Waals surface area contributed by atoms with Crippen molar-refractivity contribution < 1.29 is 14.3 Å². The van der Waals surface area contributed by atoms with Crippen LogP contribution in [0, 0.1) is 0 Å². The molecule has 1 saturated heterocycles. The predicted molar refractivity (Wildman–Crippen MR) is 104 cm³/mol. The molecule has 26 heavy (non-hydrogen) atoms. The van der Waals surface area contributed by atoms with E-state index in [4.69, 9.17) is 9.47 Å². The highest BCUT2D eigenvalue weighted by atomic mass is 35.5. The largest absolute Gasteiger partial charge is 0.489 e. The minimum Gasteiger partial charge on any atom is -0.489 e. The zero-order chi connectivity index (χ0) is 17.5. The zero-order valence-corrected chi connectivity index (χ0v) is 15.6. The molecule has 2 atom stereocenters. The number of hydrogen-bond acceptors (Lipinski definition) is 4. The number of hydrogen-bond donors (Lipinski definition) is 2. The van der Waals surface area contributed by atoms with Gasteiger partial charge in [0.1, 0.15) is 18.4 Å². The molecule has 1 fully saturated rings. The van der Waals surface area contributed by atoms with E-state index in [1.54, 1.807) is 0 Å². The second kappa shape index (κ2) is 10.2. The van der Waals surface area contributed by atoms with Crippen molar-refractivity contribution in [2.75, 3.05) is 13.2 Å². The lowest BCUT2D eigenvalue weighted by Gasteiger charge is -2.29. The Kier molecular flexibility index (Phi) is 7.91. The first-order chi connectivity index (χ1) is 12.2. The van der Waals surface area contributed by atoms with E-state index in [1.807, 2.05) is 61.5 Å². The predicted octanol–water partition coefficient (Wildman–Crippen LogP) is 2.68. The molecule has 1 aliphatic heterocycles. The van der Waals surface area contributed by atoms with Crippen LogP contribution < -0.4 is 15.4 Å². The third-order valence-electron chi connectivity index (χ3n) is 4.24. The van der Waals surface area contributed by atoms with Gasteiger partial charge in [0.2, 0.25) is 5.91 Å². The van der Waals surface area contributed by atoms with Crippen molar-refractivity contribution in [1.29, 1.82) is 0 Å². The van der Waals surface area contributed by atoms with E-state index in [9.17, 15) is 4.79 Å². The maximum Gasteiger partial charge on any atom is 0.240 e. The molecule has 2 N–H and O–H groups in total. The summed E-state index contributed by atoms with van der Waals surface area (Å²) in [6.07, 6.45) is -0.105. The van der Waals surface area contributed by atoms with Crippen LogP contribution in [-0.2, 0) is 22.7 Å². The highest BCUT2D eigenvalue weighted by molar-refractivity contribution is 5.85. The third kappa shape index (κ3) is 5.73. The van der Waals surface area contributed by atoms with E-state index >= 15 is 0 Å². The van der Waals surface area contributed by atoms with Crippen molar-refractivity contribution in [1.82, 2.24) is 10.6 Å². The number of benzene rings is 2. The molecule has 5 nitrogen and oxygen atoms in total. The number of halogens is 1. The third-order valence-corrected chi connectivity index (χ3v) is 4.24. The van der Waals surface area contributed by atoms with Gasteiger partial charge in [0, 0.05) is 13.1 Å². The molecule has 0 radical (unpaired) electrons. The number of para-hydroxylation sites is 1. The lowest BCUT2D eigenvalue weighted by molar-refractivity contribution is -0.129. The number of rotatable bonds is 6. The summed E-state index contributed by atoms with van der Waals surface area (Å²) in [4.78, 5) is 12.2. The topological polar surface area (TPSA) is 59.6 Å². The van der Waals surface area contributed by atoms with Crippen molar-refractivity contribution in [2.24, 2.45) is 0 Å². The van der Waals surface area contributed by atoms with Crippen LogP contribution in [0.3, 0.4) is 0 Å². The minimum atomic E-state index is -0.285. The van der Waals surface area contributed by atoms with Crippen LogP contribution in [0.4, 0.5) is 0 Å². The Balaban J connectivity index is 0.00000243. The van der Waals surface area contributed by atoms with Crippen molar-refractivity contribution in [2.45, 2.75) is 32.2 Å². The fourth-order valence-corrected chi connectivity index (χ4v) is 2.76. The summed E-state index contributed by atoms with van der Waals surface area (Å²) in [6, 6.07) is 17.5. The second-order valence-electron chi connectivity index (χ2n) is 6.14. The van der Waals surface area contributed by atoms with Crippen molar-refractivity contribution >= 4 is 18.3 Å². The quantitative estimate of drug-likeness (QED) is 0.813. The van der Waals surface area contributed by atoms with Gasteiger partial charge in [0.15, 0.2) is 0 Å². The Hall–Kier alpha value is -2.08. The molecule has 2 aromatic carbocycles. The molecule has 0 unspecified atom stereocenters. The van der Waals surface area contributed by atoms with Crippen LogP contribution in [0.15, 0.2) is 54.6 Å². The Labute approximate surface area is 160 Å². The second-order valence-corrected chi connectivity index (χ2v) is 6.14. The normalized spacial score (nSPS) is 19.3. The van der Waals surface area contributed by atoms with Crippen LogP contribution in [-0.4, -0.2) is 31.2 Å². The molecular weight excluding hydrogens is 352 g/mol. The van der Waals surface area contributed by atoms with Gasteiger partial charge < -0.3 is 20.1 Å². The van der Waals surface area contributed by atoms with E-state index < -0.39 is 0 Å². The minimum absolute atomic E-state index is 0. The molecule has 2 aromatic rings. The number of nitrogens with one attached hydrogen (secondary N) is 2. The number of ether oxygens (including phenoxy) is 2. The number of carbonyl (C=O) groups excluding carboxylic acids is 1. The number of carbonyl (C=O) groups is 1. The van der Waals surface area contributed by atoms with Gasteiger partial charge in [-0.05, 0) is 30.2 Å². The monoisotopic (exact) mass is 376 g/mol. The Morgan fingerprint density at radius 3 is 2.54 bits per heavy atom. The van der Waals surface area contributed by atoms with Crippen molar-refractivity contribution in [3.05, 3.63) is 65.7 Å². The molecule has 3 rings (SSSR count). The van der Waals surface area contributed by atoms with Gasteiger partial charge in [-0.15, -0.1) is 12.4 Å². The SMILES string of the molecule is C[C@H]1OCCN[C@@H]1C(=O)NCc1ccc(COc2ccccc2)cc1.Cl. The van der Waals surface area contributed by atoms with Gasteiger partial charge in [0.05, 0.1) is 12.7 Å². The van der Waals surface area contributed by atoms with Gasteiger partial charge in [-0.2, -0.15) is 0 Å². The zero-order valence-electron chi connectivity index (χ0n) is 14.8. The van der Waals surface area contributed by atoms with E-state index in [2.05, 4.69) is 10.6 Å². The van der Waals surface area contributed by atoms with E-state index in [0.717, 1.165) is 16.9 Å². The van der Waals surface area contributed by atoms with Crippen molar-refractivity contribution in [3.8, 4) is 5.75 Å². The molecule has 6 heteroatoms. The van der Waals surface area contributed by atoms with Crippen molar-refractivity contribution in [3.63, 3.8) is 0 Å². The summed E-state index contributed by atoms with van der Waals surface area (Å²) in [6.45, 7) is 4.30. The molecular formula is C20H25ClN2O3. The lowest BCUT2D eigenvalue weighted by Crippen LogP contribution is -2.55. The van der Waals surface area contributed by atoms with Crippen LogP contribution in [0.25, 0.3) is 0 Å². The van der Waals surface area contributed by atoms with Crippen LogP contribution in [0.5, 0.6) is 5.75 Å². The van der Waals surface area contributed by atoms with Gasteiger partial charge in [0.25, 0.3) is 0 Å². The summed E-state index contributed by atoms with van der Waals surface area (Å²) in [5.74, 6) is 0.832. The van der Waals surface area contributed by atoms with Crippen LogP contribution >= 0.6 is 12.4 Å². The summed E-state index contributed by atoms with van der Waals surface area (Å²) >= 11 is 0. The molecule has 0 aromatic heterocycles. The first kappa shape index (κ1) is 20.2. The summed E-state index contributed by atoms with van der Waals surface area (Å²) in [5, 5.41) is 6.16. The number of morpholine rings is 1. The summed E-state index contributed by atoms with van der Waals surface area (Å²) < 4.78 is 11.2. The van der Waals surface area contributed by atoms with Gasteiger partial charge >= 0.3 is 0 Å². The fourth-order valence-electron chi connectivity index (χ4n) is 2.76. The molecule has 1 amide bonds. The molecule has 0 saturated carbocycles. The van der Waals surface area contributed by atoms with Gasteiger partial charge in [-0.25, -0.2) is 0 Å². The maximum absolute atomic E-state index is 12.2. The summed E-state index contributed by atoms with van der Waals surface area (Å²) in [7, 11) is 0. The maximum atomic E-state index is 12.2. The lowest BCUT2D eigenvalue weighted by atomic mass is 10.1. The van der Waals surface area contributed by atoms with Crippen LogP contribution in [0.1, 0.15) is 18.1 Å². The summed E-state index contributed by atoms with van der Waals surface area (Å²) in [5.41, 5.74) is 2.15. The fraction of sp³-hybridized carbons (Fsp3) is 0.350. The number of amides is 1. The standard InChI is InChI=1S/C20H24N2O3.ClH/c1-15-19(21-11-12-24-15)20(23)22-13-16-7-9-17(10-8-16)14-25-18-5-3-2-4-6-18;/h2-10,15,19,21H,11-14H2,1H3,(H,22,23);1H/t15-,19+;/m1./s1. The Bertz CT molecular complexity index is 679. The van der Waals surface area contributed by atoms with Gasteiger partial charge in [-0.3, -0.25) is 4.79 Å². The average Bonchev–Trinajstić information content (AvgIpc) is 2.66. The Morgan fingerprint density at radius 1 is 1.15 bits per heavy atom. The smallest absolute Gasteiger partial charge is 0.240 e. The van der Waals surface area contributed by atoms with E-state index in [1.165, 1.54) is 0 Å². The first-order valence-corrected chi connectivity index (χ1v) is 8.61.